The van der Waals surface area contributed by atoms with Gasteiger partial charge in [0.15, 0.2) is 0 Å². The van der Waals surface area contributed by atoms with Crippen molar-refractivity contribution in [2.45, 2.75) is 123 Å². The molecular weight excluding hydrogens is 452 g/mol. The average Bonchev–Trinajstić information content (AvgIpc) is 3.06. The molecule has 0 heterocycles. The molecule has 0 unspecified atom stereocenters. The first kappa shape index (κ1) is 26.8. The fraction of sp³-hybridized carbons (Fsp3) is 1.00. The molecule has 10 atom stereocenters. The Labute approximate surface area is 207 Å². The van der Waals surface area contributed by atoms with Crippen LogP contribution in [0.2, 0.25) is 0 Å². The highest BCUT2D eigenvalue weighted by Gasteiger charge is 2.67. The molecule has 4 aliphatic carbocycles. The molecule has 4 aliphatic rings. The fourth-order valence-corrected chi connectivity index (χ4v) is 10.0. The van der Waals surface area contributed by atoms with E-state index in [0.29, 0.717) is 42.4 Å². The third-order valence-corrected chi connectivity index (χ3v) is 11.8. The first-order valence-electron chi connectivity index (χ1n) is 13.8. The summed E-state index contributed by atoms with van der Waals surface area (Å²) in [6.07, 6.45) is 8.60. The van der Waals surface area contributed by atoms with Crippen LogP contribution < -0.4 is 0 Å². The molecule has 0 bridgehead atoms. The first-order valence-corrected chi connectivity index (χ1v) is 15.1. The predicted octanol–water partition coefficient (Wildman–Crippen LogP) is 5.38. The van der Waals surface area contributed by atoms with E-state index in [4.69, 9.17) is 8.74 Å². The Balaban J connectivity index is 1.52. The Morgan fingerprint density at radius 1 is 1.00 bits per heavy atom. The van der Waals surface area contributed by atoms with Crippen molar-refractivity contribution in [2.75, 3.05) is 0 Å². The van der Waals surface area contributed by atoms with Crippen molar-refractivity contribution in [3.63, 3.8) is 0 Å². The monoisotopic (exact) mass is 500 g/mol. The number of rotatable bonds is 7. The molecule has 34 heavy (non-hydrogen) atoms. The highest BCUT2D eigenvalue weighted by Crippen LogP contribution is 2.69. The van der Waals surface area contributed by atoms with E-state index in [1.54, 1.807) is 0 Å². The number of fused-ring (bicyclic) bond motifs is 5. The second-order valence-electron chi connectivity index (χ2n) is 13.4. The van der Waals surface area contributed by atoms with Gasteiger partial charge in [0.05, 0.1) is 17.8 Å². The average molecular weight is 501 g/mol. The summed E-state index contributed by atoms with van der Waals surface area (Å²) in [6, 6.07) is 0. The Morgan fingerprint density at radius 2 is 1.71 bits per heavy atom. The highest BCUT2D eigenvalue weighted by atomic mass is 32.3. The molecule has 3 N–H and O–H groups in total. The van der Waals surface area contributed by atoms with Crippen LogP contribution in [0.15, 0.2) is 0 Å². The summed E-state index contributed by atoms with van der Waals surface area (Å²) in [4.78, 5) is 0. The van der Waals surface area contributed by atoms with E-state index in [0.717, 1.165) is 24.2 Å². The smallest absolute Gasteiger partial charge is 0.390 e. The molecule has 7 heteroatoms. The summed E-state index contributed by atoms with van der Waals surface area (Å²) in [5, 5.41) is 23.1. The minimum Gasteiger partial charge on any atom is -0.390 e. The molecule has 0 radical (unpaired) electrons. The van der Waals surface area contributed by atoms with Gasteiger partial charge in [-0.25, -0.2) is 4.18 Å². The Hall–Kier alpha value is -0.210. The van der Waals surface area contributed by atoms with Gasteiger partial charge in [-0.1, -0.05) is 53.9 Å². The molecule has 4 fully saturated rings. The van der Waals surface area contributed by atoms with E-state index < -0.39 is 33.6 Å². The van der Waals surface area contributed by atoms with E-state index in [9.17, 15) is 18.6 Å². The van der Waals surface area contributed by atoms with Crippen molar-refractivity contribution in [3.8, 4) is 0 Å². The summed E-state index contributed by atoms with van der Waals surface area (Å²) in [5.74, 6) is 3.50. The zero-order valence-electron chi connectivity index (χ0n) is 21.9. The predicted molar refractivity (Wildman–Crippen MR) is 132 cm³/mol. The molecule has 0 aromatic carbocycles. The van der Waals surface area contributed by atoms with Crippen molar-refractivity contribution in [2.24, 2.45) is 46.3 Å². The Kier molecular flexibility index (Phi) is 7.32. The minimum absolute atomic E-state index is 0.0467. The van der Waals surface area contributed by atoms with Crippen LogP contribution in [0.25, 0.3) is 0 Å². The van der Waals surface area contributed by atoms with Gasteiger partial charge in [-0.3, -0.25) is 4.55 Å². The summed E-state index contributed by atoms with van der Waals surface area (Å²) >= 11 is 0. The van der Waals surface area contributed by atoms with Crippen molar-refractivity contribution < 1.29 is 27.4 Å². The molecule has 0 aliphatic heterocycles. The third kappa shape index (κ3) is 4.51. The summed E-state index contributed by atoms with van der Waals surface area (Å²) in [6.45, 7) is 11.7. The van der Waals surface area contributed by atoms with E-state index in [1.165, 1.54) is 38.5 Å². The number of aliphatic hydroxyl groups excluding tert-OH is 1. The van der Waals surface area contributed by atoms with Crippen LogP contribution in [0.3, 0.4) is 0 Å². The molecule has 0 aromatic heterocycles. The zero-order chi connectivity index (χ0) is 25.1. The maximum absolute atomic E-state index is 11.8. The number of hydrogen-bond acceptors (Lipinski definition) is 5. The highest BCUT2D eigenvalue weighted by molar-refractivity contribution is 7.80. The normalized spacial score (nSPS) is 47.7. The van der Waals surface area contributed by atoms with Crippen LogP contribution in [0, 0.1) is 46.3 Å². The molecule has 6 nitrogen and oxygen atoms in total. The van der Waals surface area contributed by atoms with Gasteiger partial charge in [-0.2, -0.15) is 8.42 Å². The van der Waals surface area contributed by atoms with Crippen LogP contribution >= 0.6 is 0 Å². The van der Waals surface area contributed by atoms with Gasteiger partial charge in [-0.05, 0) is 85.9 Å². The maximum Gasteiger partial charge on any atom is 0.397 e. The van der Waals surface area contributed by atoms with Crippen molar-refractivity contribution in [1.29, 1.82) is 0 Å². The zero-order valence-corrected chi connectivity index (χ0v) is 22.7. The lowest BCUT2D eigenvalue weighted by Gasteiger charge is -2.65. The Bertz CT molecular complexity index is 844. The van der Waals surface area contributed by atoms with Crippen LogP contribution in [-0.4, -0.2) is 41.0 Å². The second-order valence-corrected chi connectivity index (χ2v) is 14.4. The summed E-state index contributed by atoms with van der Waals surface area (Å²) in [7, 11) is -4.59. The Morgan fingerprint density at radius 3 is 2.35 bits per heavy atom. The molecule has 0 spiro atoms. The number of aliphatic hydroxyl groups is 2. The van der Waals surface area contributed by atoms with Gasteiger partial charge in [0.25, 0.3) is 0 Å². The lowest BCUT2D eigenvalue weighted by Crippen LogP contribution is -2.68. The molecule has 4 saturated carbocycles. The van der Waals surface area contributed by atoms with Crippen LogP contribution in [-0.2, 0) is 14.6 Å². The topological polar surface area (TPSA) is 104 Å². The van der Waals surface area contributed by atoms with Gasteiger partial charge >= 0.3 is 10.4 Å². The molecule has 0 amide bonds. The molecule has 0 saturated heterocycles. The second kappa shape index (κ2) is 9.27. The number of hydrogen-bond donors (Lipinski definition) is 3. The molecule has 0 aromatic rings. The summed E-state index contributed by atoms with van der Waals surface area (Å²) < 4.78 is 36.6. The van der Waals surface area contributed by atoms with E-state index in [-0.39, 0.29) is 6.42 Å². The lowest BCUT2D eigenvalue weighted by molar-refractivity contribution is -0.263. The van der Waals surface area contributed by atoms with E-state index >= 15 is 0 Å². The van der Waals surface area contributed by atoms with Crippen LogP contribution in [0.1, 0.15) is 105 Å². The molecular formula is C27H48O6S. The van der Waals surface area contributed by atoms with E-state index in [1.807, 2.05) is 0 Å². The van der Waals surface area contributed by atoms with E-state index in [2.05, 4.69) is 34.6 Å². The lowest BCUT2D eigenvalue weighted by atomic mass is 9.42. The maximum atomic E-state index is 11.8. The first-order chi connectivity index (χ1) is 15.7. The van der Waals surface area contributed by atoms with Gasteiger partial charge in [0.1, 0.15) is 0 Å². The van der Waals surface area contributed by atoms with Gasteiger partial charge < -0.3 is 10.2 Å². The van der Waals surface area contributed by atoms with Crippen LogP contribution in [0.5, 0.6) is 0 Å². The largest absolute Gasteiger partial charge is 0.397 e. The molecule has 198 valence electrons. The minimum atomic E-state index is -4.59. The van der Waals surface area contributed by atoms with Gasteiger partial charge in [0, 0.05) is 11.8 Å². The quantitative estimate of drug-likeness (QED) is 0.405. The van der Waals surface area contributed by atoms with Crippen molar-refractivity contribution in [1.82, 2.24) is 0 Å². The summed E-state index contributed by atoms with van der Waals surface area (Å²) in [5.41, 5.74) is -1.57. The standard InChI is InChI=1S/C27H48O6S/c1-17(2)7-6-8-18(3)21-9-10-22-20-15-24(28)27(29)16-19(33-34(30,31)32)11-14-26(27,5)23(20)12-13-25(21,22)4/h17-24,28-29H,6-16H2,1-5H3,(H,30,31,32)/t18-,19-,20+,21-,22+,23+,24-,25-,26-,27+/m1/s1. The molecule has 4 rings (SSSR count). The van der Waals surface area contributed by atoms with Crippen molar-refractivity contribution in [3.05, 3.63) is 0 Å². The SMILES string of the molecule is CC(C)CCC[C@@H](C)[C@H]1CC[C@H]2[C@@H]3C[C@@H](O)[C@@]4(O)C[C@H](OS(=O)(=O)O)CC[C@]4(C)[C@H]3CC[C@]12C. The fourth-order valence-electron chi connectivity index (χ4n) is 9.52. The van der Waals surface area contributed by atoms with Gasteiger partial charge in [-0.15, -0.1) is 0 Å². The third-order valence-electron chi connectivity index (χ3n) is 11.3. The van der Waals surface area contributed by atoms with Gasteiger partial charge in [0.2, 0.25) is 0 Å². The van der Waals surface area contributed by atoms with Crippen LogP contribution in [0.4, 0.5) is 0 Å². The van der Waals surface area contributed by atoms with Crippen molar-refractivity contribution >= 4 is 10.4 Å².